The minimum atomic E-state index is 0.400. The van der Waals surface area contributed by atoms with Crippen LogP contribution in [0.5, 0.6) is 0 Å². The molecule has 0 amide bonds. The lowest BCUT2D eigenvalue weighted by Gasteiger charge is -2.24. The van der Waals surface area contributed by atoms with Gasteiger partial charge in [-0.25, -0.2) is 0 Å². The minimum Gasteiger partial charge on any atom is -0.392 e. The minimum absolute atomic E-state index is 0.400. The lowest BCUT2D eigenvalue weighted by atomic mass is 9.94. The summed E-state index contributed by atoms with van der Waals surface area (Å²) in [5, 5.41) is 4.26. The molecular weight excluding hydrogens is 186 g/mol. The van der Waals surface area contributed by atoms with Crippen LogP contribution in [0.2, 0.25) is 0 Å². The first kappa shape index (κ1) is 8.96. The maximum Gasteiger partial charge on any atom is 0.130 e. The van der Waals surface area contributed by atoms with Gasteiger partial charge in [-0.3, -0.25) is 0 Å². The normalized spacial score (nSPS) is 29.2. The van der Waals surface area contributed by atoms with Gasteiger partial charge in [-0.2, -0.15) is 0 Å². The van der Waals surface area contributed by atoms with Gasteiger partial charge in [0.1, 0.15) is 6.10 Å². The molecule has 1 heterocycles. The van der Waals surface area contributed by atoms with Gasteiger partial charge in [0.15, 0.2) is 0 Å². The molecule has 0 spiro atoms. The summed E-state index contributed by atoms with van der Waals surface area (Å²) in [6.07, 6.45) is 5.28. The van der Waals surface area contributed by atoms with E-state index in [1.165, 1.54) is 24.8 Å². The second kappa shape index (κ2) is 3.69. The molecule has 1 aliphatic carbocycles. The van der Waals surface area contributed by atoms with Crippen LogP contribution in [0.1, 0.15) is 31.2 Å². The highest BCUT2D eigenvalue weighted by molar-refractivity contribution is 6.00. The molecule has 1 saturated carbocycles. The van der Waals surface area contributed by atoms with Crippen LogP contribution < -0.4 is 0 Å². The molecule has 2 nitrogen and oxygen atoms in total. The van der Waals surface area contributed by atoms with Crippen LogP contribution in [0.3, 0.4) is 0 Å². The highest BCUT2D eigenvalue weighted by atomic mass is 16.6. The molecule has 0 radical (unpaired) electrons. The Kier molecular flexibility index (Phi) is 2.20. The average molecular weight is 201 g/mol. The van der Waals surface area contributed by atoms with Crippen molar-refractivity contribution in [2.24, 2.45) is 11.1 Å². The van der Waals surface area contributed by atoms with Crippen LogP contribution in [0.4, 0.5) is 0 Å². The third kappa shape index (κ3) is 1.65. The second-order valence-corrected chi connectivity index (χ2v) is 4.44. The first-order valence-corrected chi connectivity index (χ1v) is 5.71. The van der Waals surface area contributed by atoms with Gasteiger partial charge < -0.3 is 4.84 Å². The van der Waals surface area contributed by atoms with E-state index >= 15 is 0 Å². The van der Waals surface area contributed by atoms with E-state index in [4.69, 9.17) is 4.84 Å². The van der Waals surface area contributed by atoms with Crippen molar-refractivity contribution >= 4 is 5.71 Å². The summed E-state index contributed by atoms with van der Waals surface area (Å²) in [7, 11) is 0. The molecule has 0 aromatic heterocycles. The maximum atomic E-state index is 5.56. The van der Waals surface area contributed by atoms with Crippen molar-refractivity contribution in [3.05, 3.63) is 35.9 Å². The Bertz CT molecular complexity index is 371. The number of rotatable bonds is 1. The monoisotopic (exact) mass is 201 g/mol. The van der Waals surface area contributed by atoms with Crippen molar-refractivity contribution < 1.29 is 4.84 Å². The van der Waals surface area contributed by atoms with E-state index in [0.717, 1.165) is 12.1 Å². The van der Waals surface area contributed by atoms with Gasteiger partial charge in [-0.1, -0.05) is 35.5 Å². The van der Waals surface area contributed by atoms with E-state index in [2.05, 4.69) is 29.4 Å². The molecule has 0 bridgehead atoms. The Morgan fingerprint density at radius 3 is 2.87 bits per heavy atom. The molecule has 3 rings (SSSR count). The highest BCUT2D eigenvalue weighted by Crippen LogP contribution is 2.35. The first-order valence-electron chi connectivity index (χ1n) is 5.71. The lowest BCUT2D eigenvalue weighted by molar-refractivity contribution is 0.0221. The third-order valence-electron chi connectivity index (χ3n) is 3.45. The summed E-state index contributed by atoms with van der Waals surface area (Å²) in [4.78, 5) is 5.56. The number of fused-ring (bicyclic) bond motifs is 1. The predicted octanol–water partition coefficient (Wildman–Crippen LogP) is 2.98. The molecule has 0 N–H and O–H groups in total. The fraction of sp³-hybridized carbons (Fsp3) is 0.462. The lowest BCUT2D eigenvalue weighted by Crippen LogP contribution is -2.25. The summed E-state index contributed by atoms with van der Waals surface area (Å²) in [5.41, 5.74) is 2.33. The molecule has 2 atom stereocenters. The van der Waals surface area contributed by atoms with Crippen LogP contribution in [0.25, 0.3) is 0 Å². The van der Waals surface area contributed by atoms with Gasteiger partial charge in [-0.05, 0) is 24.8 Å². The van der Waals surface area contributed by atoms with Crippen LogP contribution in [0, 0.1) is 5.92 Å². The van der Waals surface area contributed by atoms with Crippen molar-refractivity contribution in [3.8, 4) is 0 Å². The number of hydrogen-bond donors (Lipinski definition) is 0. The zero-order valence-corrected chi connectivity index (χ0v) is 8.73. The van der Waals surface area contributed by atoms with Gasteiger partial charge >= 0.3 is 0 Å². The Hall–Kier alpha value is -1.31. The van der Waals surface area contributed by atoms with Crippen LogP contribution in [-0.2, 0) is 4.84 Å². The van der Waals surface area contributed by atoms with Crippen molar-refractivity contribution in [1.29, 1.82) is 0 Å². The van der Waals surface area contributed by atoms with Gasteiger partial charge in [-0.15, -0.1) is 0 Å². The van der Waals surface area contributed by atoms with E-state index in [1.807, 2.05) is 6.07 Å². The van der Waals surface area contributed by atoms with Gasteiger partial charge in [0, 0.05) is 12.3 Å². The summed E-state index contributed by atoms with van der Waals surface area (Å²) in [6, 6.07) is 10.4. The van der Waals surface area contributed by atoms with E-state index in [9.17, 15) is 0 Å². The molecule has 2 unspecified atom stereocenters. The summed E-state index contributed by atoms with van der Waals surface area (Å²) in [5.74, 6) is 0.706. The molecule has 2 aliphatic rings. The Morgan fingerprint density at radius 1 is 1.13 bits per heavy atom. The SMILES string of the molecule is c1ccc(C2=NOC3CCCC3C2)cc1. The number of hydrogen-bond acceptors (Lipinski definition) is 2. The number of benzene rings is 1. The number of nitrogens with zero attached hydrogens (tertiary/aromatic N) is 1. The molecule has 1 aromatic carbocycles. The third-order valence-corrected chi connectivity index (χ3v) is 3.45. The Morgan fingerprint density at radius 2 is 2.00 bits per heavy atom. The van der Waals surface area contributed by atoms with E-state index < -0.39 is 0 Å². The van der Waals surface area contributed by atoms with Gasteiger partial charge in [0.05, 0.1) is 5.71 Å². The molecule has 2 heteroatoms. The first-order chi connectivity index (χ1) is 7.43. The number of oxime groups is 1. The maximum absolute atomic E-state index is 5.56. The average Bonchev–Trinajstić information content (AvgIpc) is 2.77. The Labute approximate surface area is 89.9 Å². The molecule has 1 aromatic rings. The predicted molar refractivity (Wildman–Crippen MR) is 59.8 cm³/mol. The van der Waals surface area contributed by atoms with Gasteiger partial charge in [0.2, 0.25) is 0 Å². The second-order valence-electron chi connectivity index (χ2n) is 4.44. The van der Waals surface area contributed by atoms with Crippen molar-refractivity contribution in [2.75, 3.05) is 0 Å². The van der Waals surface area contributed by atoms with E-state index in [1.54, 1.807) is 0 Å². The van der Waals surface area contributed by atoms with E-state index in [-0.39, 0.29) is 0 Å². The summed E-state index contributed by atoms with van der Waals surface area (Å²) >= 11 is 0. The summed E-state index contributed by atoms with van der Waals surface area (Å²) in [6.45, 7) is 0. The van der Waals surface area contributed by atoms with Crippen LogP contribution >= 0.6 is 0 Å². The molecule has 15 heavy (non-hydrogen) atoms. The highest BCUT2D eigenvalue weighted by Gasteiger charge is 2.33. The molecule has 1 fully saturated rings. The largest absolute Gasteiger partial charge is 0.392 e. The molecule has 0 saturated heterocycles. The fourth-order valence-corrected chi connectivity index (χ4v) is 2.59. The molecular formula is C13H15NO. The zero-order chi connectivity index (χ0) is 10.1. The molecule has 1 aliphatic heterocycles. The van der Waals surface area contributed by atoms with Crippen molar-refractivity contribution in [3.63, 3.8) is 0 Å². The van der Waals surface area contributed by atoms with Crippen molar-refractivity contribution in [1.82, 2.24) is 0 Å². The topological polar surface area (TPSA) is 21.6 Å². The molecule has 78 valence electrons. The Balaban J connectivity index is 1.84. The van der Waals surface area contributed by atoms with Gasteiger partial charge in [0.25, 0.3) is 0 Å². The standard InChI is InChI=1S/C13H15NO/c1-2-5-10(6-3-1)12-9-11-7-4-8-13(11)15-14-12/h1-3,5-6,11,13H,4,7-9H2. The fourth-order valence-electron chi connectivity index (χ4n) is 2.59. The van der Waals surface area contributed by atoms with E-state index in [0.29, 0.717) is 12.0 Å². The van der Waals surface area contributed by atoms with Crippen molar-refractivity contribution in [2.45, 2.75) is 31.8 Å². The van der Waals surface area contributed by atoms with Crippen LogP contribution in [-0.4, -0.2) is 11.8 Å². The van der Waals surface area contributed by atoms with Crippen LogP contribution in [0.15, 0.2) is 35.5 Å². The zero-order valence-electron chi connectivity index (χ0n) is 8.73. The summed E-state index contributed by atoms with van der Waals surface area (Å²) < 4.78 is 0. The quantitative estimate of drug-likeness (QED) is 0.684. The smallest absolute Gasteiger partial charge is 0.130 e.